The number of nitrogens with one attached hydrogen (secondary N) is 2. The number of hydrogen-bond donors (Lipinski definition) is 2. The molecule has 0 radical (unpaired) electrons. The zero-order valence-corrected chi connectivity index (χ0v) is 9.93. The number of rotatable bonds is 4. The van der Waals surface area contributed by atoms with Crippen LogP contribution in [0.5, 0.6) is 0 Å². The normalized spacial score (nSPS) is 12.6. The summed E-state index contributed by atoms with van der Waals surface area (Å²) in [4.78, 5) is 11.3. The van der Waals surface area contributed by atoms with E-state index in [-0.39, 0.29) is 11.7 Å². The predicted octanol–water partition coefficient (Wildman–Crippen LogP) is 0.643. The molecule has 0 aliphatic rings. The van der Waals surface area contributed by atoms with Crippen LogP contribution >= 0.6 is 0 Å². The van der Waals surface area contributed by atoms with Crippen molar-refractivity contribution in [3.8, 4) is 0 Å². The minimum Gasteiger partial charge on any atom is -0.301 e. The zero-order chi connectivity index (χ0) is 12.3. The van der Waals surface area contributed by atoms with Gasteiger partial charge in [0.15, 0.2) is 7.05 Å². The largest absolute Gasteiger partial charge is 0.431 e. The van der Waals surface area contributed by atoms with E-state index < -0.39 is 0 Å². The average Bonchev–Trinajstić information content (AvgIpc) is 2.67. The number of nitrogens with zero attached hydrogens (tertiary/aromatic N) is 1. The van der Waals surface area contributed by atoms with E-state index in [0.717, 1.165) is 0 Å². The van der Waals surface area contributed by atoms with Crippen LogP contribution in [0, 0.1) is 0 Å². The number of aromatic amines is 1. The van der Waals surface area contributed by atoms with Gasteiger partial charge in [-0.1, -0.05) is 35.0 Å². The van der Waals surface area contributed by atoms with Crippen LogP contribution < -0.4 is 15.6 Å². The standard InChI is InChI=1S/C12H15N3O2/c1-9(10-6-4-3-5-7-10)13-8-11-12(16)17-14-15(11)2/h3-7,9,13H,8H2,1-2H3/p+1. The Morgan fingerprint density at radius 3 is 2.71 bits per heavy atom. The molecule has 0 amide bonds. The average molecular weight is 234 g/mol. The van der Waals surface area contributed by atoms with E-state index in [9.17, 15) is 4.79 Å². The minimum atomic E-state index is -0.333. The van der Waals surface area contributed by atoms with Gasteiger partial charge in [0.1, 0.15) is 0 Å². The van der Waals surface area contributed by atoms with Crippen molar-refractivity contribution in [1.82, 2.24) is 10.6 Å². The molecule has 5 nitrogen and oxygen atoms in total. The van der Waals surface area contributed by atoms with Crippen LogP contribution in [-0.2, 0) is 13.6 Å². The summed E-state index contributed by atoms with van der Waals surface area (Å²) in [6.07, 6.45) is 0. The molecule has 1 atom stereocenters. The van der Waals surface area contributed by atoms with Crippen LogP contribution in [0.2, 0.25) is 0 Å². The van der Waals surface area contributed by atoms with Gasteiger partial charge in [-0.3, -0.25) is 4.52 Å². The molecule has 90 valence electrons. The Morgan fingerprint density at radius 1 is 1.41 bits per heavy atom. The molecule has 2 aromatic rings. The Morgan fingerprint density at radius 2 is 2.12 bits per heavy atom. The van der Waals surface area contributed by atoms with Crippen LogP contribution in [0.3, 0.4) is 0 Å². The molecule has 0 aliphatic heterocycles. The summed E-state index contributed by atoms with van der Waals surface area (Å²) in [7, 11) is 1.75. The van der Waals surface area contributed by atoms with Gasteiger partial charge in [-0.25, -0.2) is 4.79 Å². The van der Waals surface area contributed by atoms with E-state index in [2.05, 4.69) is 34.2 Å². The molecule has 0 fully saturated rings. The maximum atomic E-state index is 11.3. The maximum absolute atomic E-state index is 11.3. The summed E-state index contributed by atoms with van der Waals surface area (Å²) in [6.45, 7) is 2.53. The minimum absolute atomic E-state index is 0.186. The van der Waals surface area contributed by atoms with E-state index in [1.165, 1.54) is 5.56 Å². The number of benzene rings is 1. The fourth-order valence-electron chi connectivity index (χ4n) is 1.66. The lowest BCUT2D eigenvalue weighted by Crippen LogP contribution is -2.39. The van der Waals surface area contributed by atoms with Crippen LogP contribution in [0.1, 0.15) is 24.2 Å². The highest BCUT2D eigenvalue weighted by Crippen LogP contribution is 2.10. The number of aromatic nitrogens is 2. The van der Waals surface area contributed by atoms with Gasteiger partial charge in [0.25, 0.3) is 0 Å². The van der Waals surface area contributed by atoms with E-state index in [4.69, 9.17) is 0 Å². The van der Waals surface area contributed by atoms with Crippen molar-refractivity contribution in [2.75, 3.05) is 0 Å². The van der Waals surface area contributed by atoms with Crippen molar-refractivity contribution in [3.63, 3.8) is 0 Å². The fraction of sp³-hybridized carbons (Fsp3) is 0.333. The van der Waals surface area contributed by atoms with E-state index in [1.807, 2.05) is 18.2 Å². The lowest BCUT2D eigenvalue weighted by molar-refractivity contribution is -0.746. The van der Waals surface area contributed by atoms with Gasteiger partial charge in [0, 0.05) is 6.04 Å². The molecule has 0 saturated heterocycles. The molecule has 2 rings (SSSR count). The Labute approximate surface area is 99.0 Å². The quantitative estimate of drug-likeness (QED) is 0.763. The van der Waals surface area contributed by atoms with Gasteiger partial charge in [-0.15, -0.1) is 0 Å². The molecular weight excluding hydrogens is 218 g/mol. The highest BCUT2D eigenvalue weighted by atomic mass is 16.5. The third-order valence-corrected chi connectivity index (χ3v) is 2.79. The molecule has 0 saturated carbocycles. The third kappa shape index (κ3) is 2.62. The second-order valence-corrected chi connectivity index (χ2v) is 4.00. The van der Waals surface area contributed by atoms with Crippen molar-refractivity contribution >= 4 is 0 Å². The lowest BCUT2D eigenvalue weighted by atomic mass is 10.1. The number of hydrogen-bond acceptors (Lipinski definition) is 3. The van der Waals surface area contributed by atoms with Crippen LogP contribution in [0.25, 0.3) is 0 Å². The summed E-state index contributed by atoms with van der Waals surface area (Å²) in [5.41, 5.74) is 1.43. The molecule has 0 aliphatic carbocycles. The predicted molar refractivity (Wildman–Crippen MR) is 62.2 cm³/mol. The smallest absolute Gasteiger partial charge is 0.301 e. The summed E-state index contributed by atoms with van der Waals surface area (Å²) in [5.74, 6) is 0. The van der Waals surface area contributed by atoms with Crippen LogP contribution in [0.4, 0.5) is 0 Å². The second-order valence-electron chi connectivity index (χ2n) is 4.00. The summed E-state index contributed by atoms with van der Waals surface area (Å²) in [6, 6.07) is 10.3. The van der Waals surface area contributed by atoms with Gasteiger partial charge in [-0.2, -0.15) is 0 Å². The first kappa shape index (κ1) is 11.6. The van der Waals surface area contributed by atoms with Crippen molar-refractivity contribution in [2.24, 2.45) is 7.05 Å². The molecule has 1 heterocycles. The molecule has 1 unspecified atom stereocenters. The molecule has 0 bridgehead atoms. The highest BCUT2D eigenvalue weighted by molar-refractivity contribution is 5.18. The molecule has 1 aromatic carbocycles. The van der Waals surface area contributed by atoms with Gasteiger partial charge in [0.2, 0.25) is 0 Å². The SMILES string of the molecule is CC(NCc1c(=O)o[nH][n+]1C)c1ccccc1. The summed E-state index contributed by atoms with van der Waals surface area (Å²) in [5, 5.41) is 5.77. The Balaban J connectivity index is 2.02. The van der Waals surface area contributed by atoms with E-state index in [1.54, 1.807) is 11.7 Å². The van der Waals surface area contributed by atoms with Crippen LogP contribution in [-0.4, -0.2) is 5.27 Å². The molecule has 5 heteroatoms. The van der Waals surface area contributed by atoms with Gasteiger partial charge < -0.3 is 5.32 Å². The Bertz CT molecular complexity index is 530. The van der Waals surface area contributed by atoms with Crippen molar-refractivity contribution < 1.29 is 9.20 Å². The second kappa shape index (κ2) is 4.97. The summed E-state index contributed by atoms with van der Waals surface area (Å²) < 4.78 is 6.25. The molecular formula is C12H16N3O2+. The monoisotopic (exact) mass is 234 g/mol. The van der Waals surface area contributed by atoms with Gasteiger partial charge in [-0.05, 0) is 17.8 Å². The van der Waals surface area contributed by atoms with E-state index >= 15 is 0 Å². The number of aryl methyl sites for hydroxylation is 1. The number of H-pyrrole nitrogens is 1. The molecule has 1 aromatic heterocycles. The van der Waals surface area contributed by atoms with Crippen molar-refractivity contribution in [3.05, 3.63) is 52.0 Å². The first-order chi connectivity index (χ1) is 8.18. The van der Waals surface area contributed by atoms with Crippen molar-refractivity contribution in [1.29, 1.82) is 0 Å². The first-order valence-corrected chi connectivity index (χ1v) is 5.53. The highest BCUT2D eigenvalue weighted by Gasteiger charge is 2.17. The van der Waals surface area contributed by atoms with E-state index in [0.29, 0.717) is 12.2 Å². The van der Waals surface area contributed by atoms with Crippen molar-refractivity contribution in [2.45, 2.75) is 19.5 Å². The zero-order valence-electron chi connectivity index (χ0n) is 9.93. The maximum Gasteiger partial charge on any atom is 0.431 e. The first-order valence-electron chi connectivity index (χ1n) is 5.53. The lowest BCUT2D eigenvalue weighted by Gasteiger charge is -2.11. The summed E-state index contributed by atoms with van der Waals surface area (Å²) >= 11 is 0. The Kier molecular flexibility index (Phi) is 3.39. The molecule has 17 heavy (non-hydrogen) atoms. The topological polar surface area (TPSA) is 61.9 Å². The van der Waals surface area contributed by atoms with Crippen LogP contribution in [0.15, 0.2) is 39.6 Å². The van der Waals surface area contributed by atoms with Gasteiger partial charge in [0.05, 0.1) is 6.54 Å². The van der Waals surface area contributed by atoms with Gasteiger partial charge >= 0.3 is 11.3 Å². The fourth-order valence-corrected chi connectivity index (χ4v) is 1.66. The third-order valence-electron chi connectivity index (χ3n) is 2.79. The Hall–Kier alpha value is -1.88. The molecule has 2 N–H and O–H groups in total. The molecule has 0 spiro atoms.